The van der Waals surface area contributed by atoms with E-state index in [1.165, 1.54) is 5.56 Å². The van der Waals surface area contributed by atoms with Crippen molar-refractivity contribution in [1.82, 2.24) is 9.97 Å². The number of aromatic nitrogens is 2. The van der Waals surface area contributed by atoms with Crippen molar-refractivity contribution in [1.29, 1.82) is 5.26 Å². The topological polar surface area (TPSA) is 83.9 Å². The fourth-order valence-electron chi connectivity index (χ4n) is 2.50. The first-order chi connectivity index (χ1) is 11.9. The summed E-state index contributed by atoms with van der Waals surface area (Å²) in [4.78, 5) is 8.74. The summed E-state index contributed by atoms with van der Waals surface area (Å²) in [6.45, 7) is 6.48. The predicted molar refractivity (Wildman–Crippen MR) is 97.7 cm³/mol. The van der Waals surface area contributed by atoms with E-state index in [4.69, 9.17) is 10.4 Å². The maximum atomic E-state index is 9.01. The summed E-state index contributed by atoms with van der Waals surface area (Å²) in [5.74, 6) is 0.229. The molecule has 3 aromatic rings. The number of benzene rings is 1. The summed E-state index contributed by atoms with van der Waals surface area (Å²) >= 11 is 0. The Balaban J connectivity index is 0.000000181. The Morgan fingerprint density at radius 2 is 1.85 bits per heavy atom. The fourth-order valence-corrected chi connectivity index (χ4v) is 2.50. The number of phenolic OH excluding ortho intramolecular Hbond substituents is 1. The van der Waals surface area contributed by atoms with Crippen molar-refractivity contribution in [3.63, 3.8) is 0 Å². The average molecular weight is 420 g/mol. The molecule has 1 aromatic carbocycles. The van der Waals surface area contributed by atoms with Gasteiger partial charge in [-0.3, -0.25) is 9.97 Å². The summed E-state index contributed by atoms with van der Waals surface area (Å²) in [6.07, 6.45) is 1.89. The molecule has 5 nitrogen and oxygen atoms in total. The molecule has 0 saturated carbocycles. The van der Waals surface area contributed by atoms with Crippen LogP contribution in [0.25, 0.3) is 16.4 Å². The molecule has 2 aromatic heterocycles. The third-order valence-electron chi connectivity index (χ3n) is 4.18. The summed E-state index contributed by atoms with van der Waals surface area (Å²) in [5.41, 5.74) is 5.59. The minimum absolute atomic E-state index is 0. The number of hydrogen-bond donors (Lipinski definition) is 1. The van der Waals surface area contributed by atoms with Gasteiger partial charge in [-0.1, -0.05) is 17.7 Å². The van der Waals surface area contributed by atoms with Gasteiger partial charge in [0.15, 0.2) is 0 Å². The number of aromatic hydroxyl groups is 1. The van der Waals surface area contributed by atoms with Gasteiger partial charge in [0.25, 0.3) is 0 Å². The molecule has 0 unspecified atom stereocenters. The zero-order valence-electron chi connectivity index (χ0n) is 15.1. The Labute approximate surface area is 178 Å². The molecule has 0 amide bonds. The smallest absolute Gasteiger partial charge is 0.115 e. The van der Waals surface area contributed by atoms with Gasteiger partial charge in [0.2, 0.25) is 0 Å². The quantitative estimate of drug-likeness (QED) is 0.621. The molecule has 1 N–H and O–H groups in total. The van der Waals surface area contributed by atoms with E-state index in [0.29, 0.717) is 0 Å². The van der Waals surface area contributed by atoms with E-state index in [-0.39, 0.29) is 38.5 Å². The van der Waals surface area contributed by atoms with Crippen molar-refractivity contribution in [3.05, 3.63) is 64.7 Å². The minimum atomic E-state index is -0.478. The van der Waals surface area contributed by atoms with Gasteiger partial charge in [-0.05, 0) is 50.6 Å². The van der Waals surface area contributed by atoms with Gasteiger partial charge >= 0.3 is 0 Å². The SMILES string of the molecule is CC(C)(C#N)c1ccc(O)cc1.Cc1ccc2ncc3c(c2n1)[N-]C3.[Y]. The number of phenols is 1. The molecule has 6 heteroatoms. The molecule has 4 rings (SSSR count). The van der Waals surface area contributed by atoms with Gasteiger partial charge in [0, 0.05) is 44.6 Å². The summed E-state index contributed by atoms with van der Waals surface area (Å²) in [7, 11) is 0. The molecule has 1 aliphatic rings. The zero-order valence-corrected chi connectivity index (χ0v) is 17.9. The molecule has 0 bridgehead atoms. The van der Waals surface area contributed by atoms with Crippen LogP contribution in [0.5, 0.6) is 5.75 Å². The summed E-state index contributed by atoms with van der Waals surface area (Å²) in [6, 6.07) is 12.9. The summed E-state index contributed by atoms with van der Waals surface area (Å²) in [5, 5.41) is 22.1. The van der Waals surface area contributed by atoms with Crippen molar-refractivity contribution in [2.24, 2.45) is 0 Å². The molecule has 129 valence electrons. The Hall–Kier alpha value is -2.03. The molecule has 0 spiro atoms. The van der Waals surface area contributed by atoms with Crippen molar-refractivity contribution in [2.45, 2.75) is 32.7 Å². The zero-order chi connectivity index (χ0) is 18.0. The number of nitrogens with zero attached hydrogens (tertiary/aromatic N) is 4. The largest absolute Gasteiger partial charge is 0.679 e. The van der Waals surface area contributed by atoms with Crippen LogP contribution < -0.4 is 0 Å². The molecular formula is C20H19N4OY-. The third kappa shape index (κ3) is 4.20. The number of pyridine rings is 2. The maximum Gasteiger partial charge on any atom is 0.115 e. The average Bonchev–Trinajstić information content (AvgIpc) is 2.56. The van der Waals surface area contributed by atoms with E-state index in [9.17, 15) is 0 Å². The molecular weight excluding hydrogens is 401 g/mol. The predicted octanol–water partition coefficient (Wildman–Crippen LogP) is 4.65. The Kier molecular flexibility index (Phi) is 6.33. The van der Waals surface area contributed by atoms with E-state index >= 15 is 0 Å². The van der Waals surface area contributed by atoms with Crippen molar-refractivity contribution in [2.75, 3.05) is 0 Å². The van der Waals surface area contributed by atoms with Crippen molar-refractivity contribution < 1.29 is 37.8 Å². The van der Waals surface area contributed by atoms with Crippen LogP contribution in [-0.2, 0) is 44.7 Å². The Morgan fingerprint density at radius 3 is 2.42 bits per heavy atom. The van der Waals surface area contributed by atoms with Crippen molar-refractivity contribution >= 4 is 16.7 Å². The second-order valence-electron chi connectivity index (χ2n) is 6.55. The van der Waals surface area contributed by atoms with Gasteiger partial charge in [0.05, 0.1) is 22.5 Å². The van der Waals surface area contributed by atoms with Crippen LogP contribution in [0.4, 0.5) is 5.69 Å². The molecule has 26 heavy (non-hydrogen) atoms. The van der Waals surface area contributed by atoms with E-state index in [2.05, 4.69) is 21.4 Å². The molecule has 3 heterocycles. The molecule has 0 atom stereocenters. The van der Waals surface area contributed by atoms with Gasteiger partial charge in [0.1, 0.15) is 5.75 Å². The Morgan fingerprint density at radius 1 is 1.15 bits per heavy atom. The van der Waals surface area contributed by atoms with E-state index in [0.717, 1.165) is 34.5 Å². The van der Waals surface area contributed by atoms with Crippen LogP contribution in [0.3, 0.4) is 0 Å². The van der Waals surface area contributed by atoms with Crippen molar-refractivity contribution in [3.8, 4) is 11.8 Å². The number of nitriles is 1. The second kappa shape index (κ2) is 8.11. The molecule has 1 aliphatic heterocycles. The first-order valence-corrected chi connectivity index (χ1v) is 8.04. The van der Waals surface area contributed by atoms with Crippen LogP contribution in [0.15, 0.2) is 42.6 Å². The minimum Gasteiger partial charge on any atom is -0.679 e. The molecule has 0 fully saturated rings. The van der Waals surface area contributed by atoms with Crippen LogP contribution >= 0.6 is 0 Å². The first kappa shape index (κ1) is 20.3. The van der Waals surface area contributed by atoms with Crippen LogP contribution in [0.2, 0.25) is 0 Å². The van der Waals surface area contributed by atoms with Crippen LogP contribution in [0.1, 0.15) is 30.7 Å². The normalized spacial score (nSPS) is 11.6. The standard InChI is InChI=1S/C10H8N3.C10H11NO.Y/c1-6-2-3-8-10(13-6)9-7(4-11-8)5-12-9;1-10(2,7-11)8-3-5-9(12)6-4-8;/h2-4H,5H2,1H3;3-6,12H,1-2H3;/q-1;;. The number of aryl methyl sites for hydroxylation is 1. The number of fused-ring (bicyclic) bond motifs is 3. The van der Waals surface area contributed by atoms with E-state index in [1.807, 2.05) is 39.1 Å². The summed E-state index contributed by atoms with van der Waals surface area (Å²) < 4.78 is 0. The van der Waals surface area contributed by atoms with Gasteiger partial charge in [-0.25, -0.2) is 0 Å². The molecule has 1 radical (unpaired) electrons. The van der Waals surface area contributed by atoms with Crippen LogP contribution in [0, 0.1) is 18.3 Å². The molecule has 0 aliphatic carbocycles. The van der Waals surface area contributed by atoms with E-state index < -0.39 is 5.41 Å². The molecule has 0 saturated heterocycles. The third-order valence-corrected chi connectivity index (χ3v) is 4.18. The van der Waals surface area contributed by atoms with Gasteiger partial charge < -0.3 is 10.4 Å². The maximum absolute atomic E-state index is 9.01. The number of rotatable bonds is 1. The number of hydrogen-bond acceptors (Lipinski definition) is 4. The Bertz CT molecular complexity index is 957. The van der Waals surface area contributed by atoms with Gasteiger partial charge in [-0.2, -0.15) is 5.26 Å². The van der Waals surface area contributed by atoms with E-state index in [1.54, 1.807) is 24.3 Å². The first-order valence-electron chi connectivity index (χ1n) is 8.04. The fraction of sp³-hybridized carbons (Fsp3) is 0.250. The second-order valence-corrected chi connectivity index (χ2v) is 6.55. The van der Waals surface area contributed by atoms with Gasteiger partial charge in [-0.15, -0.1) is 12.2 Å². The monoisotopic (exact) mass is 420 g/mol. The van der Waals surface area contributed by atoms with Crippen LogP contribution in [-0.4, -0.2) is 15.1 Å².